The van der Waals surface area contributed by atoms with Crippen molar-refractivity contribution in [3.63, 3.8) is 0 Å². The molecule has 0 N–H and O–H groups in total. The lowest BCUT2D eigenvalue weighted by Gasteiger charge is -2.36. The van der Waals surface area contributed by atoms with E-state index in [-0.39, 0.29) is 11.8 Å². The van der Waals surface area contributed by atoms with Gasteiger partial charge in [-0.25, -0.2) is 0 Å². The third-order valence-electron chi connectivity index (χ3n) is 7.72. The molecule has 4 heteroatoms. The van der Waals surface area contributed by atoms with Gasteiger partial charge in [0, 0.05) is 45.5 Å². The summed E-state index contributed by atoms with van der Waals surface area (Å²) in [5.74, 6) is 0.231. The van der Waals surface area contributed by atoms with Gasteiger partial charge in [-0.2, -0.15) is 0 Å². The van der Waals surface area contributed by atoms with Gasteiger partial charge in [0.05, 0.1) is 12.6 Å². The summed E-state index contributed by atoms with van der Waals surface area (Å²) in [5, 5.41) is 1.07. The lowest BCUT2D eigenvalue weighted by atomic mass is 9.88. The first-order chi connectivity index (χ1) is 16.1. The number of aromatic nitrogens is 1. The molecule has 0 bridgehead atoms. The molecule has 0 amide bonds. The van der Waals surface area contributed by atoms with E-state index in [1.807, 2.05) is 23.5 Å². The van der Waals surface area contributed by atoms with E-state index in [0.29, 0.717) is 6.54 Å². The Kier molecular flexibility index (Phi) is 5.23. The summed E-state index contributed by atoms with van der Waals surface area (Å²) in [6, 6.07) is 19.3. The van der Waals surface area contributed by atoms with E-state index in [9.17, 15) is 4.79 Å². The average Bonchev–Trinajstić information content (AvgIpc) is 3.34. The van der Waals surface area contributed by atoms with Gasteiger partial charge in [0.15, 0.2) is 5.78 Å². The van der Waals surface area contributed by atoms with Crippen LogP contribution in [0.25, 0.3) is 10.9 Å². The van der Waals surface area contributed by atoms with Crippen molar-refractivity contribution in [2.24, 2.45) is 7.05 Å². The Labute approximate surface area is 199 Å². The zero-order chi connectivity index (χ0) is 22.5. The van der Waals surface area contributed by atoms with E-state index in [4.69, 9.17) is 0 Å². The van der Waals surface area contributed by atoms with E-state index in [2.05, 4.69) is 65.9 Å². The second-order valence-corrected chi connectivity index (χ2v) is 10.7. The normalized spacial score (nSPS) is 18.3. The van der Waals surface area contributed by atoms with Gasteiger partial charge in [0.1, 0.15) is 0 Å². The number of ketones is 1. The van der Waals surface area contributed by atoms with Crippen LogP contribution in [-0.2, 0) is 26.3 Å². The summed E-state index contributed by atoms with van der Waals surface area (Å²) in [7, 11) is 2.06. The number of fused-ring (bicyclic) bond motifs is 4. The summed E-state index contributed by atoms with van der Waals surface area (Å²) < 4.78 is 2.15. The van der Waals surface area contributed by atoms with Crippen LogP contribution >= 0.6 is 11.3 Å². The van der Waals surface area contributed by atoms with Crippen LogP contribution in [0.3, 0.4) is 0 Å². The van der Waals surface area contributed by atoms with Crippen molar-refractivity contribution < 1.29 is 4.79 Å². The molecule has 1 aliphatic heterocycles. The lowest BCUT2D eigenvalue weighted by molar-refractivity contribution is 0.0903. The molecule has 168 valence electrons. The number of nitrogens with zero attached hydrogens (tertiary/aromatic N) is 2. The van der Waals surface area contributed by atoms with Gasteiger partial charge >= 0.3 is 0 Å². The second kappa shape index (κ2) is 8.27. The minimum absolute atomic E-state index is 0.171. The van der Waals surface area contributed by atoms with Crippen molar-refractivity contribution in [2.75, 3.05) is 13.1 Å². The van der Waals surface area contributed by atoms with Crippen molar-refractivity contribution in [2.45, 2.75) is 45.1 Å². The Balaban J connectivity index is 1.40. The van der Waals surface area contributed by atoms with E-state index < -0.39 is 0 Å². The zero-order valence-corrected chi connectivity index (χ0v) is 20.3. The fourth-order valence-electron chi connectivity index (χ4n) is 6.00. The van der Waals surface area contributed by atoms with Gasteiger partial charge in [-0.05, 0) is 61.8 Å². The molecule has 0 radical (unpaired) electrons. The summed E-state index contributed by atoms with van der Waals surface area (Å²) in [4.78, 5) is 19.3. The van der Waals surface area contributed by atoms with Crippen LogP contribution in [0.15, 0.2) is 54.6 Å². The Morgan fingerprint density at radius 1 is 0.970 bits per heavy atom. The molecule has 3 nitrogen and oxygen atoms in total. The van der Waals surface area contributed by atoms with Crippen molar-refractivity contribution in [3.8, 4) is 0 Å². The predicted octanol–water partition coefficient (Wildman–Crippen LogP) is 6.26. The van der Waals surface area contributed by atoms with Crippen LogP contribution in [0.5, 0.6) is 0 Å². The maximum atomic E-state index is 13.8. The van der Waals surface area contributed by atoms with E-state index in [1.54, 1.807) is 16.0 Å². The maximum Gasteiger partial charge on any atom is 0.179 e. The molecule has 3 heterocycles. The van der Waals surface area contributed by atoms with E-state index >= 15 is 0 Å². The van der Waals surface area contributed by atoms with Crippen LogP contribution in [0.2, 0.25) is 0 Å². The molecule has 33 heavy (non-hydrogen) atoms. The Hall–Kier alpha value is -2.69. The number of thiophene rings is 1. The highest BCUT2D eigenvalue weighted by Gasteiger charge is 2.35. The summed E-state index contributed by atoms with van der Waals surface area (Å²) in [6.07, 6.45) is 6.14. The first-order valence-corrected chi connectivity index (χ1v) is 12.9. The molecular weight excluding hydrogens is 424 g/mol. The molecule has 2 aromatic carbocycles. The van der Waals surface area contributed by atoms with Crippen molar-refractivity contribution in [1.29, 1.82) is 0 Å². The van der Waals surface area contributed by atoms with Gasteiger partial charge in [0.2, 0.25) is 0 Å². The minimum Gasteiger partial charge on any atom is -0.347 e. The standard InChI is InChI=1S/C29H30N2OS/c1-19-27(23-13-6-8-14-24(23)30(19)2)25(32)18-31-17-16-22-21-12-7-9-15-26(21)33-29(22)28(31)20-10-4-3-5-11-20/h3-6,8,10-11,13-14,28H,7,9,12,15-18H2,1-2H3. The number of carbonyl (C=O) groups excluding carboxylic acids is 1. The van der Waals surface area contributed by atoms with Crippen molar-refractivity contribution in [1.82, 2.24) is 9.47 Å². The average molecular weight is 455 g/mol. The molecule has 1 aliphatic carbocycles. The number of carbonyl (C=O) groups is 1. The molecule has 0 saturated carbocycles. The van der Waals surface area contributed by atoms with Crippen LogP contribution in [0, 0.1) is 6.92 Å². The third kappa shape index (κ3) is 3.39. The largest absolute Gasteiger partial charge is 0.347 e. The molecule has 0 fully saturated rings. The number of rotatable bonds is 4. The Morgan fingerprint density at radius 2 is 1.73 bits per heavy atom. The van der Waals surface area contributed by atoms with Crippen LogP contribution in [0.4, 0.5) is 0 Å². The highest BCUT2D eigenvalue weighted by Crippen LogP contribution is 2.45. The molecule has 0 spiro atoms. The van der Waals surface area contributed by atoms with Gasteiger partial charge in [-0.3, -0.25) is 9.69 Å². The minimum atomic E-state index is 0.171. The van der Waals surface area contributed by atoms with Gasteiger partial charge in [-0.1, -0.05) is 48.5 Å². The summed E-state index contributed by atoms with van der Waals surface area (Å²) >= 11 is 2.02. The Morgan fingerprint density at radius 3 is 2.58 bits per heavy atom. The molecule has 2 aromatic heterocycles. The quantitative estimate of drug-likeness (QED) is 0.340. The fourth-order valence-corrected chi connectivity index (χ4v) is 7.61. The smallest absolute Gasteiger partial charge is 0.179 e. The molecular formula is C29H30N2OS. The molecule has 1 unspecified atom stereocenters. The molecule has 1 atom stereocenters. The number of benzene rings is 2. The zero-order valence-electron chi connectivity index (χ0n) is 19.4. The first kappa shape index (κ1) is 20.9. The van der Waals surface area contributed by atoms with Gasteiger partial charge < -0.3 is 4.57 Å². The highest BCUT2D eigenvalue weighted by molar-refractivity contribution is 7.12. The van der Waals surface area contributed by atoms with Crippen LogP contribution in [0.1, 0.15) is 61.4 Å². The third-order valence-corrected chi connectivity index (χ3v) is 9.10. The number of aryl methyl sites for hydroxylation is 2. The molecule has 0 saturated heterocycles. The topological polar surface area (TPSA) is 25.2 Å². The number of hydrogen-bond acceptors (Lipinski definition) is 3. The number of para-hydroxylation sites is 1. The van der Waals surface area contributed by atoms with E-state index in [0.717, 1.165) is 35.1 Å². The molecule has 2 aliphatic rings. The second-order valence-electron chi connectivity index (χ2n) is 9.55. The molecule has 4 aromatic rings. The monoisotopic (exact) mass is 454 g/mol. The molecule has 6 rings (SSSR count). The SMILES string of the molecule is Cc1c(C(=O)CN2CCc3c(sc4c3CCCC4)C2c2ccccc2)c2ccccc2n1C. The lowest BCUT2D eigenvalue weighted by Crippen LogP contribution is -2.39. The van der Waals surface area contributed by atoms with Crippen LogP contribution < -0.4 is 0 Å². The fraction of sp³-hybridized carbons (Fsp3) is 0.345. The Bertz CT molecular complexity index is 1350. The summed E-state index contributed by atoms with van der Waals surface area (Å²) in [5.41, 5.74) is 7.61. The van der Waals surface area contributed by atoms with Crippen molar-refractivity contribution >= 4 is 28.0 Å². The first-order valence-electron chi connectivity index (χ1n) is 12.1. The number of hydrogen-bond donors (Lipinski definition) is 0. The maximum absolute atomic E-state index is 13.8. The summed E-state index contributed by atoms with van der Waals surface area (Å²) in [6.45, 7) is 3.46. The van der Waals surface area contributed by atoms with Gasteiger partial charge in [-0.15, -0.1) is 11.3 Å². The van der Waals surface area contributed by atoms with E-state index in [1.165, 1.54) is 36.1 Å². The number of Topliss-reactive ketones (excluding diaryl/α,β-unsaturated/α-hetero) is 1. The highest BCUT2D eigenvalue weighted by atomic mass is 32.1. The van der Waals surface area contributed by atoms with Crippen LogP contribution in [-0.4, -0.2) is 28.3 Å². The van der Waals surface area contributed by atoms with Gasteiger partial charge in [0.25, 0.3) is 0 Å². The van der Waals surface area contributed by atoms with Crippen molar-refractivity contribution in [3.05, 3.63) is 92.3 Å². The predicted molar refractivity (Wildman–Crippen MR) is 137 cm³/mol.